The number of nitrogens with one attached hydrogen (secondary N) is 1. The summed E-state index contributed by atoms with van der Waals surface area (Å²) < 4.78 is 4.84. The second kappa shape index (κ2) is 9.50. The molecule has 0 saturated heterocycles. The second-order valence-electron chi connectivity index (χ2n) is 5.44. The van der Waals surface area contributed by atoms with Gasteiger partial charge < -0.3 is 15.0 Å². The van der Waals surface area contributed by atoms with E-state index in [1.807, 2.05) is 13.8 Å². The first-order valence-electron chi connectivity index (χ1n) is 7.88. The van der Waals surface area contributed by atoms with Crippen molar-refractivity contribution in [3.8, 4) is 0 Å². The molecule has 0 atom stereocenters. The Morgan fingerprint density at radius 3 is 2.42 bits per heavy atom. The first-order valence-corrected chi connectivity index (χ1v) is 7.88. The van der Waals surface area contributed by atoms with Gasteiger partial charge in [-0.1, -0.05) is 11.6 Å². The minimum atomic E-state index is -0.560. The largest absolute Gasteiger partial charge is 0.452 e. The maximum absolute atomic E-state index is 12.3. The predicted octanol–water partition coefficient (Wildman–Crippen LogP) is 2.62. The molecule has 0 spiro atoms. The second-order valence-corrected chi connectivity index (χ2v) is 5.44. The molecule has 0 unspecified atom stereocenters. The van der Waals surface area contributed by atoms with E-state index in [0.29, 0.717) is 24.3 Å². The molecule has 0 heterocycles. The molecule has 0 radical (unpaired) electrons. The zero-order valence-corrected chi connectivity index (χ0v) is 14.6. The molecule has 1 rings (SSSR count). The molecular weight excluding hydrogens is 308 g/mol. The van der Waals surface area contributed by atoms with E-state index in [1.165, 1.54) is 6.08 Å². The first kappa shape index (κ1) is 19.4. The van der Waals surface area contributed by atoms with Gasteiger partial charge >= 0.3 is 5.97 Å². The lowest BCUT2D eigenvalue weighted by molar-refractivity contribution is -0.142. The summed E-state index contributed by atoms with van der Waals surface area (Å²) in [5, 5.41) is 2.61. The Balaban J connectivity index is 2.67. The third-order valence-corrected chi connectivity index (χ3v) is 3.20. The van der Waals surface area contributed by atoms with Gasteiger partial charge in [-0.05, 0) is 45.9 Å². The van der Waals surface area contributed by atoms with Crippen LogP contribution in [-0.2, 0) is 14.3 Å². The lowest BCUT2D eigenvalue weighted by atomic mass is 10.1. The Kier molecular flexibility index (Phi) is 7.68. The van der Waals surface area contributed by atoms with E-state index in [2.05, 4.69) is 5.32 Å². The van der Waals surface area contributed by atoms with E-state index >= 15 is 0 Å². The summed E-state index contributed by atoms with van der Waals surface area (Å²) in [5.41, 5.74) is 1.78. The van der Waals surface area contributed by atoms with Gasteiger partial charge in [-0.25, -0.2) is 4.79 Å². The Bertz CT molecular complexity index is 630. The van der Waals surface area contributed by atoms with Crippen LogP contribution >= 0.6 is 0 Å². The number of ether oxygens (including phenoxy) is 1. The van der Waals surface area contributed by atoms with E-state index in [4.69, 9.17) is 4.74 Å². The molecule has 1 aromatic carbocycles. The van der Waals surface area contributed by atoms with Crippen LogP contribution in [0.5, 0.6) is 0 Å². The molecule has 0 fully saturated rings. The standard InChI is InChI=1S/C18H24N2O4/c1-5-20(6-2)18(23)14-8-7-9-15(11-14)19-16(21)12-24-17(22)10-13(3)4/h7-11H,5-6,12H2,1-4H3,(H,19,21). The van der Waals surface area contributed by atoms with E-state index in [0.717, 1.165) is 5.57 Å². The number of amides is 2. The fraction of sp³-hybridized carbons (Fsp3) is 0.389. The molecule has 6 nitrogen and oxygen atoms in total. The molecule has 2 amide bonds. The van der Waals surface area contributed by atoms with Crippen LogP contribution in [0, 0.1) is 0 Å². The molecule has 0 bridgehead atoms. The lowest BCUT2D eigenvalue weighted by Gasteiger charge is -2.19. The summed E-state index contributed by atoms with van der Waals surface area (Å²) in [6, 6.07) is 6.68. The van der Waals surface area contributed by atoms with Crippen LogP contribution < -0.4 is 5.32 Å². The number of hydrogen-bond donors (Lipinski definition) is 1. The van der Waals surface area contributed by atoms with Crippen molar-refractivity contribution in [3.05, 3.63) is 41.5 Å². The summed E-state index contributed by atoms with van der Waals surface area (Å²) in [6.45, 7) is 8.20. The molecule has 0 aromatic heterocycles. The summed E-state index contributed by atoms with van der Waals surface area (Å²) in [4.78, 5) is 37.2. The average Bonchev–Trinajstić information content (AvgIpc) is 2.53. The fourth-order valence-electron chi connectivity index (χ4n) is 2.03. The van der Waals surface area contributed by atoms with Crippen LogP contribution in [-0.4, -0.2) is 42.4 Å². The number of allylic oxidation sites excluding steroid dienone is 1. The van der Waals surface area contributed by atoms with Crippen molar-refractivity contribution in [1.29, 1.82) is 0 Å². The minimum Gasteiger partial charge on any atom is -0.452 e. The van der Waals surface area contributed by atoms with Crippen molar-refractivity contribution in [1.82, 2.24) is 4.90 Å². The molecule has 6 heteroatoms. The van der Waals surface area contributed by atoms with E-state index < -0.39 is 11.9 Å². The van der Waals surface area contributed by atoms with Crippen LogP contribution in [0.2, 0.25) is 0 Å². The summed E-state index contributed by atoms with van der Waals surface area (Å²) in [7, 11) is 0. The highest BCUT2D eigenvalue weighted by molar-refractivity contribution is 5.98. The fourth-order valence-corrected chi connectivity index (χ4v) is 2.03. The molecule has 130 valence electrons. The van der Waals surface area contributed by atoms with Gasteiger partial charge in [0.25, 0.3) is 11.8 Å². The lowest BCUT2D eigenvalue weighted by Crippen LogP contribution is -2.30. The highest BCUT2D eigenvalue weighted by Crippen LogP contribution is 2.13. The number of rotatable bonds is 7. The SMILES string of the molecule is CCN(CC)C(=O)c1cccc(NC(=O)COC(=O)C=C(C)C)c1. The average molecular weight is 332 g/mol. The number of esters is 1. The Hall–Kier alpha value is -2.63. The van der Waals surface area contributed by atoms with E-state index in [9.17, 15) is 14.4 Å². The van der Waals surface area contributed by atoms with E-state index in [-0.39, 0.29) is 12.5 Å². The maximum Gasteiger partial charge on any atom is 0.331 e. The van der Waals surface area contributed by atoms with Crippen molar-refractivity contribution < 1.29 is 19.1 Å². The Morgan fingerprint density at radius 1 is 1.17 bits per heavy atom. The van der Waals surface area contributed by atoms with Crippen molar-refractivity contribution in [3.63, 3.8) is 0 Å². The first-order chi connectivity index (χ1) is 11.4. The molecule has 0 aliphatic heterocycles. The minimum absolute atomic E-state index is 0.0916. The van der Waals surface area contributed by atoms with Crippen LogP contribution in [0.1, 0.15) is 38.1 Å². The van der Waals surface area contributed by atoms with Crippen molar-refractivity contribution in [2.24, 2.45) is 0 Å². The normalized spacial score (nSPS) is 9.83. The van der Waals surface area contributed by atoms with Gasteiger partial charge in [0.2, 0.25) is 0 Å². The highest BCUT2D eigenvalue weighted by atomic mass is 16.5. The number of nitrogens with zero attached hydrogens (tertiary/aromatic N) is 1. The molecule has 1 aromatic rings. The van der Waals surface area contributed by atoms with Gasteiger partial charge in [0.05, 0.1) is 0 Å². The van der Waals surface area contributed by atoms with Gasteiger partial charge in [-0.15, -0.1) is 0 Å². The molecule has 1 N–H and O–H groups in total. The smallest absolute Gasteiger partial charge is 0.331 e. The predicted molar refractivity (Wildman–Crippen MR) is 92.7 cm³/mol. The molecule has 0 aliphatic carbocycles. The van der Waals surface area contributed by atoms with Crippen LogP contribution in [0.15, 0.2) is 35.9 Å². The van der Waals surface area contributed by atoms with E-state index in [1.54, 1.807) is 43.0 Å². The highest BCUT2D eigenvalue weighted by Gasteiger charge is 2.13. The molecular formula is C18H24N2O4. The summed E-state index contributed by atoms with van der Waals surface area (Å²) in [6.07, 6.45) is 1.32. The van der Waals surface area contributed by atoms with Gasteiger partial charge in [0.15, 0.2) is 6.61 Å². The van der Waals surface area contributed by atoms with Crippen molar-refractivity contribution >= 4 is 23.5 Å². The van der Waals surface area contributed by atoms with Crippen molar-refractivity contribution in [2.75, 3.05) is 25.0 Å². The molecule has 0 aliphatic rings. The topological polar surface area (TPSA) is 75.7 Å². The molecule has 0 saturated carbocycles. The Morgan fingerprint density at radius 2 is 1.83 bits per heavy atom. The number of carbonyl (C=O) groups excluding carboxylic acids is 3. The van der Waals surface area contributed by atoms with Crippen LogP contribution in [0.3, 0.4) is 0 Å². The summed E-state index contributed by atoms with van der Waals surface area (Å²) in [5.74, 6) is -1.11. The number of anilines is 1. The van der Waals surface area contributed by atoms with Gasteiger partial charge in [0.1, 0.15) is 0 Å². The zero-order chi connectivity index (χ0) is 18.1. The quantitative estimate of drug-likeness (QED) is 0.615. The Labute approximate surface area is 142 Å². The number of hydrogen-bond acceptors (Lipinski definition) is 4. The van der Waals surface area contributed by atoms with Gasteiger partial charge in [0, 0.05) is 30.4 Å². The summed E-state index contributed by atoms with van der Waals surface area (Å²) >= 11 is 0. The number of benzene rings is 1. The third-order valence-electron chi connectivity index (χ3n) is 3.20. The molecule has 24 heavy (non-hydrogen) atoms. The van der Waals surface area contributed by atoms with Crippen molar-refractivity contribution in [2.45, 2.75) is 27.7 Å². The van der Waals surface area contributed by atoms with Gasteiger partial charge in [-0.2, -0.15) is 0 Å². The van der Waals surface area contributed by atoms with Crippen LogP contribution in [0.25, 0.3) is 0 Å². The number of carbonyl (C=O) groups is 3. The maximum atomic E-state index is 12.3. The van der Waals surface area contributed by atoms with Gasteiger partial charge in [-0.3, -0.25) is 9.59 Å². The monoisotopic (exact) mass is 332 g/mol. The zero-order valence-electron chi connectivity index (χ0n) is 14.6. The third kappa shape index (κ3) is 6.24. The van der Waals surface area contributed by atoms with Crippen LogP contribution in [0.4, 0.5) is 5.69 Å².